The molecular weight excluding hydrogens is 418 g/mol. The molecule has 0 radical (unpaired) electrons. The number of anilines is 2. The van der Waals surface area contributed by atoms with Crippen molar-refractivity contribution in [3.63, 3.8) is 0 Å². The molecule has 2 aromatic carbocycles. The predicted molar refractivity (Wildman–Crippen MR) is 139 cm³/mol. The summed E-state index contributed by atoms with van der Waals surface area (Å²) in [5, 5.41) is 3.78. The summed E-state index contributed by atoms with van der Waals surface area (Å²) in [6.45, 7) is 8.11. The number of carbonyl (C=O) groups excluding carboxylic acids is 1. The van der Waals surface area contributed by atoms with Crippen LogP contribution in [0.3, 0.4) is 0 Å². The van der Waals surface area contributed by atoms with Crippen molar-refractivity contribution in [3.8, 4) is 5.75 Å². The molecule has 0 heterocycles. The lowest BCUT2D eigenvalue weighted by Crippen LogP contribution is -2.30. The number of benzene rings is 2. The lowest BCUT2D eigenvalue weighted by molar-refractivity contribution is 0.101. The Morgan fingerprint density at radius 2 is 1.69 bits per heavy atom. The number of ketones is 1. The molecule has 6 heteroatoms. The highest BCUT2D eigenvalue weighted by atomic mass is 32.1. The number of carbonyl (C=O) groups is 1. The summed E-state index contributed by atoms with van der Waals surface area (Å²) in [5.74, 6) is 0.914. The fourth-order valence-corrected chi connectivity index (χ4v) is 3.44. The molecule has 2 rings (SSSR count). The summed E-state index contributed by atoms with van der Waals surface area (Å²) in [6, 6.07) is 15.2. The van der Waals surface area contributed by atoms with E-state index in [2.05, 4.69) is 23.8 Å². The van der Waals surface area contributed by atoms with Crippen LogP contribution in [0.5, 0.6) is 5.75 Å². The second-order valence-corrected chi connectivity index (χ2v) is 8.32. The SMILES string of the molecule is C=CCN(C)CCCCCCOc1ccc(N(C)C(=S)Nc2ccc(C(C)=O)cc2)cc1. The molecule has 0 amide bonds. The Labute approximate surface area is 198 Å². The van der Waals surface area contributed by atoms with Crippen LogP contribution in [0.4, 0.5) is 11.4 Å². The van der Waals surface area contributed by atoms with Gasteiger partial charge >= 0.3 is 0 Å². The highest BCUT2D eigenvalue weighted by Gasteiger charge is 2.08. The Kier molecular flexibility index (Phi) is 10.9. The van der Waals surface area contributed by atoms with Crippen LogP contribution < -0.4 is 15.0 Å². The van der Waals surface area contributed by atoms with Gasteiger partial charge < -0.3 is 19.9 Å². The average molecular weight is 454 g/mol. The molecule has 0 atom stereocenters. The van der Waals surface area contributed by atoms with E-state index in [9.17, 15) is 4.79 Å². The lowest BCUT2D eigenvalue weighted by Gasteiger charge is -2.21. The molecule has 0 aliphatic rings. The summed E-state index contributed by atoms with van der Waals surface area (Å²) < 4.78 is 5.88. The number of rotatable bonds is 13. The van der Waals surface area contributed by atoms with E-state index in [4.69, 9.17) is 17.0 Å². The number of likely N-dealkylation sites (N-methyl/N-ethyl adjacent to an activating group) is 1. The summed E-state index contributed by atoms with van der Waals surface area (Å²) in [6.07, 6.45) is 6.60. The van der Waals surface area contributed by atoms with Crippen LogP contribution in [0.25, 0.3) is 0 Å². The van der Waals surface area contributed by atoms with E-state index in [1.54, 1.807) is 19.1 Å². The van der Waals surface area contributed by atoms with Gasteiger partial charge in [0.05, 0.1) is 6.61 Å². The number of unbranched alkanes of at least 4 members (excludes halogenated alkanes) is 3. The molecule has 0 spiro atoms. The van der Waals surface area contributed by atoms with Crippen molar-refractivity contribution >= 4 is 34.5 Å². The Balaban J connectivity index is 1.71. The van der Waals surface area contributed by atoms with Crippen molar-refractivity contribution in [3.05, 3.63) is 66.7 Å². The average Bonchev–Trinajstić information content (AvgIpc) is 2.79. The summed E-state index contributed by atoms with van der Waals surface area (Å²) in [5.41, 5.74) is 2.50. The van der Waals surface area contributed by atoms with E-state index >= 15 is 0 Å². The fourth-order valence-electron chi connectivity index (χ4n) is 3.22. The molecule has 0 saturated heterocycles. The summed E-state index contributed by atoms with van der Waals surface area (Å²) >= 11 is 5.52. The highest BCUT2D eigenvalue weighted by molar-refractivity contribution is 7.80. The normalized spacial score (nSPS) is 10.6. The molecule has 0 aliphatic heterocycles. The van der Waals surface area contributed by atoms with Gasteiger partial charge in [0.2, 0.25) is 0 Å². The second-order valence-electron chi connectivity index (χ2n) is 7.93. The third-order valence-electron chi connectivity index (χ3n) is 5.22. The lowest BCUT2D eigenvalue weighted by atomic mass is 10.1. The number of thiocarbonyl (C=S) groups is 1. The van der Waals surface area contributed by atoms with Gasteiger partial charge in [-0.15, -0.1) is 6.58 Å². The van der Waals surface area contributed by atoms with Crippen LogP contribution in [0.2, 0.25) is 0 Å². The molecule has 2 aromatic rings. The van der Waals surface area contributed by atoms with E-state index in [1.165, 1.54) is 19.3 Å². The van der Waals surface area contributed by atoms with Crippen LogP contribution in [0.1, 0.15) is 43.0 Å². The van der Waals surface area contributed by atoms with Gasteiger partial charge in [-0.25, -0.2) is 0 Å². The van der Waals surface area contributed by atoms with Gasteiger partial charge in [0.1, 0.15) is 5.75 Å². The van der Waals surface area contributed by atoms with Gasteiger partial charge in [0, 0.05) is 30.5 Å². The van der Waals surface area contributed by atoms with Crippen molar-refractivity contribution in [1.82, 2.24) is 4.90 Å². The molecule has 0 fully saturated rings. The minimum Gasteiger partial charge on any atom is -0.494 e. The zero-order valence-electron chi connectivity index (χ0n) is 19.5. The minimum atomic E-state index is 0.0469. The van der Waals surface area contributed by atoms with Gasteiger partial charge in [-0.2, -0.15) is 0 Å². The molecule has 5 nitrogen and oxygen atoms in total. The second kappa shape index (κ2) is 13.7. The maximum absolute atomic E-state index is 11.4. The fraction of sp³-hybridized carbons (Fsp3) is 0.385. The Morgan fingerprint density at radius 1 is 1.03 bits per heavy atom. The van der Waals surface area contributed by atoms with Crippen LogP contribution in [0.15, 0.2) is 61.2 Å². The van der Waals surface area contributed by atoms with Crippen LogP contribution in [-0.4, -0.2) is 49.6 Å². The number of nitrogens with one attached hydrogen (secondary N) is 1. The number of ether oxygens (including phenoxy) is 1. The van der Waals surface area contributed by atoms with Crippen LogP contribution in [0, 0.1) is 0 Å². The summed E-state index contributed by atoms with van der Waals surface area (Å²) in [4.78, 5) is 15.6. The van der Waals surface area contributed by atoms with Crippen molar-refractivity contribution in [2.45, 2.75) is 32.6 Å². The largest absolute Gasteiger partial charge is 0.494 e. The molecule has 0 aliphatic carbocycles. The molecular formula is C26H35N3O2S. The van der Waals surface area contributed by atoms with Crippen molar-refractivity contribution < 1.29 is 9.53 Å². The Morgan fingerprint density at radius 3 is 2.31 bits per heavy atom. The quantitative estimate of drug-likeness (QED) is 0.180. The van der Waals surface area contributed by atoms with E-state index in [0.717, 1.165) is 43.2 Å². The standard InChI is InChI=1S/C26H35N3O2S/c1-5-18-28(3)19-8-6-7-9-20-31-25-16-14-24(15-17-25)29(4)26(32)27-23-12-10-22(11-13-23)21(2)30/h5,10-17H,1,6-9,18-20H2,2-4H3,(H,27,32). The number of nitrogens with zero attached hydrogens (tertiary/aromatic N) is 2. The maximum Gasteiger partial charge on any atom is 0.177 e. The summed E-state index contributed by atoms with van der Waals surface area (Å²) in [7, 11) is 4.04. The van der Waals surface area contributed by atoms with Crippen LogP contribution >= 0.6 is 12.2 Å². The Hall–Kier alpha value is -2.70. The van der Waals surface area contributed by atoms with Gasteiger partial charge in [0.15, 0.2) is 10.9 Å². The zero-order valence-corrected chi connectivity index (χ0v) is 20.3. The molecule has 0 aromatic heterocycles. The van der Waals surface area contributed by atoms with Crippen molar-refractivity contribution in [2.24, 2.45) is 0 Å². The first kappa shape index (κ1) is 25.6. The molecule has 0 unspecified atom stereocenters. The van der Waals surface area contributed by atoms with E-state index in [1.807, 2.05) is 54.4 Å². The van der Waals surface area contributed by atoms with Gasteiger partial charge in [-0.05, 0) is 94.1 Å². The number of Topliss-reactive ketones (excluding diaryl/α,β-unsaturated/α-hetero) is 1. The molecule has 32 heavy (non-hydrogen) atoms. The van der Waals surface area contributed by atoms with Crippen molar-refractivity contribution in [1.29, 1.82) is 0 Å². The van der Waals surface area contributed by atoms with Crippen molar-refractivity contribution in [2.75, 3.05) is 44.0 Å². The van der Waals surface area contributed by atoms with Gasteiger partial charge in [-0.3, -0.25) is 4.79 Å². The van der Waals surface area contributed by atoms with Gasteiger partial charge in [-0.1, -0.05) is 18.9 Å². The zero-order chi connectivity index (χ0) is 23.3. The first-order valence-corrected chi connectivity index (χ1v) is 11.5. The maximum atomic E-state index is 11.4. The van der Waals surface area contributed by atoms with E-state index in [-0.39, 0.29) is 5.78 Å². The smallest absolute Gasteiger partial charge is 0.177 e. The third-order valence-corrected chi connectivity index (χ3v) is 5.59. The highest BCUT2D eigenvalue weighted by Crippen LogP contribution is 2.20. The third kappa shape index (κ3) is 8.81. The van der Waals surface area contributed by atoms with E-state index in [0.29, 0.717) is 10.7 Å². The monoisotopic (exact) mass is 453 g/mol. The predicted octanol–water partition coefficient (Wildman–Crippen LogP) is 5.78. The molecule has 1 N–H and O–H groups in total. The first-order chi connectivity index (χ1) is 15.4. The Bertz CT molecular complexity index is 866. The van der Waals surface area contributed by atoms with Crippen LogP contribution in [-0.2, 0) is 0 Å². The number of hydrogen-bond acceptors (Lipinski definition) is 4. The topological polar surface area (TPSA) is 44.8 Å². The minimum absolute atomic E-state index is 0.0469. The van der Waals surface area contributed by atoms with Gasteiger partial charge in [0.25, 0.3) is 0 Å². The van der Waals surface area contributed by atoms with E-state index < -0.39 is 0 Å². The number of hydrogen-bond donors (Lipinski definition) is 1. The molecule has 0 bridgehead atoms. The first-order valence-electron chi connectivity index (χ1n) is 11.1. The molecule has 172 valence electrons. The molecule has 0 saturated carbocycles.